The van der Waals surface area contributed by atoms with Crippen molar-refractivity contribution in [2.75, 3.05) is 45.8 Å². The smallest absolute Gasteiger partial charge is 0.272 e. The fraction of sp³-hybridized carbons (Fsp3) is 0.556. The van der Waals surface area contributed by atoms with Gasteiger partial charge in [-0.3, -0.25) is 14.1 Å². The molecule has 0 aromatic carbocycles. The molecule has 2 aromatic heterocycles. The van der Waals surface area contributed by atoms with Crippen molar-refractivity contribution in [3.8, 4) is 0 Å². The highest BCUT2D eigenvalue weighted by Gasteiger charge is 2.37. The van der Waals surface area contributed by atoms with Crippen LogP contribution in [0.4, 0.5) is 0 Å². The van der Waals surface area contributed by atoms with Crippen molar-refractivity contribution in [2.45, 2.75) is 19.9 Å². The lowest BCUT2D eigenvalue weighted by Crippen LogP contribution is -2.64. The van der Waals surface area contributed by atoms with Crippen molar-refractivity contribution >= 4 is 11.6 Å². The Balaban J connectivity index is 1.42. The van der Waals surface area contributed by atoms with Crippen LogP contribution in [0.5, 0.6) is 0 Å². The molecule has 2 aliphatic heterocycles. The fourth-order valence-corrected chi connectivity index (χ4v) is 3.82. The average molecular weight is 327 g/mol. The Kier molecular flexibility index (Phi) is 4.02. The predicted molar refractivity (Wildman–Crippen MR) is 93.3 cm³/mol. The van der Waals surface area contributed by atoms with Gasteiger partial charge in [0, 0.05) is 51.5 Å². The molecule has 4 heterocycles. The number of nitrogens with zero attached hydrogens (tertiary/aromatic N) is 5. The Bertz CT molecular complexity index is 741. The number of aryl methyl sites for hydroxylation is 1. The molecule has 2 fully saturated rings. The normalized spacial score (nSPS) is 20.5. The van der Waals surface area contributed by atoms with E-state index in [2.05, 4.69) is 21.7 Å². The van der Waals surface area contributed by atoms with Crippen LogP contribution < -0.4 is 0 Å². The largest absolute Gasteiger partial charge is 0.334 e. The van der Waals surface area contributed by atoms with E-state index in [9.17, 15) is 4.79 Å². The lowest BCUT2D eigenvalue weighted by Gasteiger charge is -2.48. The number of rotatable bonds is 3. The molecule has 2 aliphatic rings. The molecule has 0 aliphatic carbocycles. The molecule has 24 heavy (non-hydrogen) atoms. The van der Waals surface area contributed by atoms with Crippen LogP contribution in [0.25, 0.3) is 5.65 Å². The number of hydrogen-bond acceptors (Lipinski definition) is 4. The minimum atomic E-state index is 0.106. The highest BCUT2D eigenvalue weighted by molar-refractivity contribution is 5.95. The number of fused-ring (bicyclic) bond motifs is 1. The van der Waals surface area contributed by atoms with Gasteiger partial charge in [0.05, 0.1) is 5.69 Å². The minimum absolute atomic E-state index is 0.106. The lowest BCUT2D eigenvalue weighted by atomic mass is 10.0. The first-order valence-electron chi connectivity index (χ1n) is 8.86. The molecule has 2 saturated heterocycles. The van der Waals surface area contributed by atoms with E-state index < -0.39 is 0 Å². The second kappa shape index (κ2) is 6.18. The van der Waals surface area contributed by atoms with E-state index in [-0.39, 0.29) is 5.91 Å². The first-order valence-corrected chi connectivity index (χ1v) is 8.86. The van der Waals surface area contributed by atoms with E-state index >= 15 is 0 Å². The van der Waals surface area contributed by atoms with Crippen LogP contribution in [0, 0.1) is 6.92 Å². The van der Waals surface area contributed by atoms with E-state index in [1.807, 2.05) is 40.6 Å². The van der Waals surface area contributed by atoms with Crippen LogP contribution >= 0.6 is 0 Å². The number of hydrogen-bond donors (Lipinski definition) is 0. The SMILES string of the molecule is CCN1CCN(C2CN(C(=O)c3c(C)nc4ccccn34)C2)CC1. The van der Waals surface area contributed by atoms with Crippen molar-refractivity contribution in [2.24, 2.45) is 0 Å². The van der Waals surface area contributed by atoms with Crippen LogP contribution in [-0.4, -0.2) is 81.8 Å². The molecule has 0 unspecified atom stereocenters. The van der Waals surface area contributed by atoms with E-state index in [0.717, 1.165) is 57.2 Å². The van der Waals surface area contributed by atoms with Gasteiger partial charge in [-0.15, -0.1) is 0 Å². The van der Waals surface area contributed by atoms with Gasteiger partial charge in [0.2, 0.25) is 0 Å². The highest BCUT2D eigenvalue weighted by Crippen LogP contribution is 2.21. The monoisotopic (exact) mass is 327 g/mol. The summed E-state index contributed by atoms with van der Waals surface area (Å²) in [6, 6.07) is 6.35. The van der Waals surface area contributed by atoms with Gasteiger partial charge >= 0.3 is 0 Å². The van der Waals surface area contributed by atoms with Gasteiger partial charge in [-0.1, -0.05) is 13.0 Å². The zero-order chi connectivity index (χ0) is 16.7. The Labute approximate surface area is 142 Å². The van der Waals surface area contributed by atoms with Gasteiger partial charge in [0.25, 0.3) is 5.91 Å². The number of likely N-dealkylation sites (tertiary alicyclic amines) is 1. The number of imidazole rings is 1. The Morgan fingerprint density at radius 2 is 1.96 bits per heavy atom. The third-order valence-electron chi connectivity index (χ3n) is 5.43. The molecule has 0 bridgehead atoms. The topological polar surface area (TPSA) is 44.1 Å². The van der Waals surface area contributed by atoms with Gasteiger partial charge in [0.1, 0.15) is 11.3 Å². The molecule has 0 N–H and O–H groups in total. The first-order chi connectivity index (χ1) is 11.7. The third kappa shape index (κ3) is 2.59. The lowest BCUT2D eigenvalue weighted by molar-refractivity contribution is 0.00797. The quantitative estimate of drug-likeness (QED) is 0.847. The Morgan fingerprint density at radius 3 is 2.67 bits per heavy atom. The second-order valence-corrected chi connectivity index (χ2v) is 6.81. The number of amides is 1. The van der Waals surface area contributed by atoms with Gasteiger partial charge in [0.15, 0.2) is 0 Å². The summed E-state index contributed by atoms with van der Waals surface area (Å²) < 4.78 is 1.91. The molecular weight excluding hydrogens is 302 g/mol. The van der Waals surface area contributed by atoms with Crippen molar-refractivity contribution in [3.05, 3.63) is 35.8 Å². The van der Waals surface area contributed by atoms with Gasteiger partial charge in [-0.05, 0) is 25.6 Å². The first kappa shape index (κ1) is 15.6. The molecule has 0 saturated carbocycles. The van der Waals surface area contributed by atoms with Crippen molar-refractivity contribution in [1.82, 2.24) is 24.1 Å². The summed E-state index contributed by atoms with van der Waals surface area (Å²) in [5.74, 6) is 0.106. The van der Waals surface area contributed by atoms with Gasteiger partial charge < -0.3 is 9.80 Å². The molecule has 6 heteroatoms. The fourth-order valence-electron chi connectivity index (χ4n) is 3.82. The van der Waals surface area contributed by atoms with E-state index in [0.29, 0.717) is 11.7 Å². The van der Waals surface area contributed by atoms with E-state index in [1.165, 1.54) is 0 Å². The molecule has 0 atom stereocenters. The number of piperazine rings is 1. The number of carbonyl (C=O) groups excluding carboxylic acids is 1. The summed E-state index contributed by atoms with van der Waals surface area (Å²) >= 11 is 0. The van der Waals surface area contributed by atoms with Gasteiger partial charge in [-0.25, -0.2) is 4.98 Å². The molecular formula is C18H25N5O. The van der Waals surface area contributed by atoms with Crippen molar-refractivity contribution < 1.29 is 4.79 Å². The predicted octanol–water partition coefficient (Wildman–Crippen LogP) is 1.10. The summed E-state index contributed by atoms with van der Waals surface area (Å²) in [5, 5.41) is 0. The third-order valence-corrected chi connectivity index (χ3v) is 5.43. The zero-order valence-electron chi connectivity index (χ0n) is 14.5. The highest BCUT2D eigenvalue weighted by atomic mass is 16.2. The summed E-state index contributed by atoms with van der Waals surface area (Å²) in [5.41, 5.74) is 2.36. The maximum atomic E-state index is 12.9. The summed E-state index contributed by atoms with van der Waals surface area (Å²) in [6.07, 6.45) is 1.92. The molecule has 4 rings (SSSR count). The molecule has 1 amide bonds. The Hall–Kier alpha value is -1.92. The van der Waals surface area contributed by atoms with Crippen LogP contribution in [-0.2, 0) is 0 Å². The summed E-state index contributed by atoms with van der Waals surface area (Å²) in [6.45, 7) is 11.5. The van der Waals surface area contributed by atoms with Crippen LogP contribution in [0.3, 0.4) is 0 Å². The number of carbonyl (C=O) groups is 1. The number of likely N-dealkylation sites (N-methyl/N-ethyl adjacent to an activating group) is 1. The maximum absolute atomic E-state index is 12.9. The Morgan fingerprint density at radius 1 is 1.21 bits per heavy atom. The number of pyridine rings is 1. The van der Waals surface area contributed by atoms with Gasteiger partial charge in [-0.2, -0.15) is 0 Å². The van der Waals surface area contributed by atoms with Crippen LogP contribution in [0.2, 0.25) is 0 Å². The van der Waals surface area contributed by atoms with E-state index in [1.54, 1.807) is 0 Å². The standard InChI is InChI=1S/C18H25N5O/c1-3-20-8-10-21(11-9-20)15-12-22(13-15)18(24)17-14(2)19-16-6-4-5-7-23(16)17/h4-7,15H,3,8-13H2,1-2H3. The molecule has 6 nitrogen and oxygen atoms in total. The zero-order valence-corrected chi connectivity index (χ0v) is 14.5. The van der Waals surface area contributed by atoms with Crippen LogP contribution in [0.1, 0.15) is 23.1 Å². The van der Waals surface area contributed by atoms with Crippen molar-refractivity contribution in [3.63, 3.8) is 0 Å². The van der Waals surface area contributed by atoms with Crippen molar-refractivity contribution in [1.29, 1.82) is 0 Å². The molecule has 128 valence electrons. The molecule has 2 aromatic rings. The molecule has 0 spiro atoms. The summed E-state index contributed by atoms with van der Waals surface area (Å²) in [7, 11) is 0. The molecule has 0 radical (unpaired) electrons. The average Bonchev–Trinajstić information content (AvgIpc) is 2.89. The van der Waals surface area contributed by atoms with Crippen LogP contribution in [0.15, 0.2) is 24.4 Å². The number of aromatic nitrogens is 2. The van der Waals surface area contributed by atoms with E-state index in [4.69, 9.17) is 0 Å². The summed E-state index contributed by atoms with van der Waals surface area (Å²) in [4.78, 5) is 24.4. The maximum Gasteiger partial charge on any atom is 0.272 e. The second-order valence-electron chi connectivity index (χ2n) is 6.81. The minimum Gasteiger partial charge on any atom is -0.334 e.